The largest absolute Gasteiger partial charge is 0.439 e. The monoisotopic (exact) mass is 516 g/mol. The fraction of sp³-hybridized carbons (Fsp3) is 0.130. The summed E-state index contributed by atoms with van der Waals surface area (Å²) in [6.45, 7) is 1.75. The summed E-state index contributed by atoms with van der Waals surface area (Å²) in [7, 11) is 0. The molecule has 1 amide bonds. The zero-order chi connectivity index (χ0) is 26.7. The number of fused-ring (bicyclic) bond motifs is 1. The minimum atomic E-state index is -4.90. The van der Waals surface area contributed by atoms with Crippen LogP contribution in [0.1, 0.15) is 18.2 Å². The van der Waals surface area contributed by atoms with Crippen molar-refractivity contribution in [3.63, 3.8) is 0 Å². The Labute approximate surface area is 207 Å². The number of nitrogens with two attached hydrogens (primary N) is 2. The van der Waals surface area contributed by atoms with Gasteiger partial charge in [-0.25, -0.2) is 30.1 Å². The van der Waals surface area contributed by atoms with Gasteiger partial charge in [0, 0.05) is 23.3 Å². The van der Waals surface area contributed by atoms with Gasteiger partial charge < -0.3 is 15.8 Å². The lowest BCUT2D eigenvalue weighted by molar-refractivity contribution is -0.139. The molecule has 0 saturated carbocycles. The van der Waals surface area contributed by atoms with E-state index in [9.17, 15) is 22.4 Å². The maximum Gasteiger partial charge on any atom is 0.419 e. The number of nitrogens with zero attached hydrogens (tertiary/aromatic N) is 5. The second-order valence-electron chi connectivity index (χ2n) is 7.82. The molecule has 2 aromatic heterocycles. The molecular formula is C23H20F4N8O2. The highest BCUT2D eigenvalue weighted by molar-refractivity contribution is 5.98. The molecule has 0 atom stereocenters. The van der Waals surface area contributed by atoms with Crippen LogP contribution in [0.2, 0.25) is 0 Å². The van der Waals surface area contributed by atoms with Gasteiger partial charge in [-0.15, -0.1) is 5.10 Å². The van der Waals surface area contributed by atoms with Gasteiger partial charge in [0.05, 0.1) is 23.3 Å². The van der Waals surface area contributed by atoms with Crippen molar-refractivity contribution in [2.75, 3.05) is 5.32 Å². The van der Waals surface area contributed by atoms with Crippen LogP contribution in [-0.4, -0.2) is 31.5 Å². The number of hydrogen-bond acceptors (Lipinski definition) is 7. The standard InChI is InChI=1S/C23H20F4N8O2/c1-13(28)33-35(29)11-16-10-21(31-12-30-16)37-17-3-5-20-14(8-17)6-7-34(20)22(36)32-15-2-4-19(24)18(9-15)23(25,26)27/h2-10,12H,11,29H2,1H3,(H2,28,33)(H,32,36). The number of aromatic nitrogens is 3. The highest BCUT2D eigenvalue weighted by Gasteiger charge is 2.34. The van der Waals surface area contributed by atoms with Gasteiger partial charge in [0.2, 0.25) is 5.88 Å². The second kappa shape index (κ2) is 10.1. The molecule has 0 spiro atoms. The van der Waals surface area contributed by atoms with E-state index in [4.69, 9.17) is 16.3 Å². The number of amidine groups is 1. The molecule has 2 heterocycles. The lowest BCUT2D eigenvalue weighted by atomic mass is 10.2. The van der Waals surface area contributed by atoms with Crippen LogP contribution in [0.15, 0.2) is 66.2 Å². The highest BCUT2D eigenvalue weighted by Crippen LogP contribution is 2.33. The van der Waals surface area contributed by atoms with Crippen LogP contribution in [-0.2, 0) is 12.7 Å². The summed E-state index contributed by atoms with van der Waals surface area (Å²) in [6.07, 6.45) is -2.15. The summed E-state index contributed by atoms with van der Waals surface area (Å²) in [4.78, 5) is 20.9. The Morgan fingerprint density at radius 2 is 1.95 bits per heavy atom. The van der Waals surface area contributed by atoms with Crippen LogP contribution in [0.25, 0.3) is 10.9 Å². The van der Waals surface area contributed by atoms with Gasteiger partial charge in [0.25, 0.3) is 0 Å². The minimum absolute atomic E-state index is 0.156. The Bertz CT molecular complexity index is 1480. The van der Waals surface area contributed by atoms with Crippen molar-refractivity contribution in [1.29, 1.82) is 0 Å². The summed E-state index contributed by atoms with van der Waals surface area (Å²) in [6, 6.07) is 9.52. The second-order valence-corrected chi connectivity index (χ2v) is 7.82. The van der Waals surface area contributed by atoms with Crippen molar-refractivity contribution >= 4 is 28.5 Å². The number of hydrogen-bond donors (Lipinski definition) is 3. The van der Waals surface area contributed by atoms with Gasteiger partial charge in [-0.1, -0.05) is 0 Å². The number of hydrazone groups is 1. The number of carbonyl (C=O) groups excluding carboxylic acids is 1. The van der Waals surface area contributed by atoms with E-state index >= 15 is 0 Å². The first-order chi connectivity index (χ1) is 17.5. The average molecular weight is 516 g/mol. The van der Waals surface area contributed by atoms with Crippen molar-refractivity contribution in [2.24, 2.45) is 16.7 Å². The van der Waals surface area contributed by atoms with Crippen molar-refractivity contribution < 1.29 is 27.1 Å². The van der Waals surface area contributed by atoms with Gasteiger partial charge >= 0.3 is 12.2 Å². The predicted octanol–water partition coefficient (Wildman–Crippen LogP) is 4.43. The zero-order valence-corrected chi connectivity index (χ0v) is 19.2. The molecule has 37 heavy (non-hydrogen) atoms. The number of nitrogens with one attached hydrogen (secondary N) is 1. The lowest BCUT2D eigenvalue weighted by Crippen LogP contribution is -2.28. The number of ether oxygens (including phenoxy) is 1. The number of anilines is 1. The molecule has 0 unspecified atom stereocenters. The third-order valence-electron chi connectivity index (χ3n) is 4.93. The van der Waals surface area contributed by atoms with Crippen LogP contribution in [0, 0.1) is 5.82 Å². The fourth-order valence-electron chi connectivity index (χ4n) is 3.41. The molecule has 0 aliphatic rings. The molecule has 192 valence electrons. The topological polar surface area (TPSA) is 137 Å². The SMILES string of the molecule is C/C(N)=N/N(N)Cc1cc(Oc2ccc3c(ccn3C(=O)Nc3ccc(F)c(C(F)(F)F)c3)c2)ncn1. The van der Waals surface area contributed by atoms with E-state index in [0.29, 0.717) is 34.5 Å². The third kappa shape index (κ3) is 6.10. The predicted molar refractivity (Wildman–Crippen MR) is 127 cm³/mol. The Morgan fingerprint density at radius 1 is 1.16 bits per heavy atom. The Hall–Kier alpha value is -4.72. The molecule has 10 nitrogen and oxygen atoms in total. The minimum Gasteiger partial charge on any atom is -0.439 e. The molecule has 0 fully saturated rings. The van der Waals surface area contributed by atoms with Gasteiger partial charge in [0.1, 0.15) is 23.7 Å². The molecule has 4 rings (SSSR count). The number of rotatable bonds is 6. The molecule has 5 N–H and O–H groups in total. The molecule has 0 aliphatic carbocycles. The van der Waals surface area contributed by atoms with E-state index in [2.05, 4.69) is 20.4 Å². The van der Waals surface area contributed by atoms with E-state index in [-0.39, 0.29) is 23.9 Å². The number of hydrazine groups is 1. The lowest BCUT2D eigenvalue weighted by Gasteiger charge is -2.13. The Balaban J connectivity index is 1.50. The smallest absolute Gasteiger partial charge is 0.419 e. The van der Waals surface area contributed by atoms with Crippen LogP contribution >= 0.6 is 0 Å². The van der Waals surface area contributed by atoms with Gasteiger partial charge in [-0.2, -0.15) is 13.2 Å². The van der Waals surface area contributed by atoms with Crippen molar-refractivity contribution in [2.45, 2.75) is 19.6 Å². The Morgan fingerprint density at radius 3 is 2.68 bits per heavy atom. The van der Waals surface area contributed by atoms with Crippen LogP contribution in [0.3, 0.4) is 0 Å². The fourth-order valence-corrected chi connectivity index (χ4v) is 3.41. The molecule has 14 heteroatoms. The van der Waals surface area contributed by atoms with Crippen LogP contribution in [0.4, 0.5) is 28.0 Å². The molecule has 0 saturated heterocycles. The summed E-state index contributed by atoms with van der Waals surface area (Å²) in [5, 5.41) is 7.96. The maximum atomic E-state index is 13.5. The van der Waals surface area contributed by atoms with E-state index in [0.717, 1.165) is 11.2 Å². The van der Waals surface area contributed by atoms with Crippen molar-refractivity contribution in [3.8, 4) is 11.6 Å². The number of alkyl halides is 3. The summed E-state index contributed by atoms with van der Waals surface area (Å²) in [5.74, 6) is 5.24. The quantitative estimate of drug-likeness (QED) is 0.113. The molecule has 2 aromatic carbocycles. The first-order valence-electron chi connectivity index (χ1n) is 10.6. The Kier molecular flexibility index (Phi) is 6.93. The number of halogens is 4. The number of benzene rings is 2. The number of carbonyl (C=O) groups is 1. The van der Waals surface area contributed by atoms with E-state index in [1.165, 1.54) is 17.1 Å². The summed E-state index contributed by atoms with van der Waals surface area (Å²) < 4.78 is 59.4. The van der Waals surface area contributed by atoms with Crippen molar-refractivity contribution in [3.05, 3.63) is 78.1 Å². The molecule has 0 radical (unpaired) electrons. The third-order valence-corrected chi connectivity index (χ3v) is 4.93. The van der Waals surface area contributed by atoms with Gasteiger partial charge in [0.15, 0.2) is 0 Å². The number of amides is 1. The summed E-state index contributed by atoms with van der Waals surface area (Å²) >= 11 is 0. The first-order valence-corrected chi connectivity index (χ1v) is 10.6. The summed E-state index contributed by atoms with van der Waals surface area (Å²) in [5.41, 5.74) is 4.80. The van der Waals surface area contributed by atoms with E-state index in [1.54, 1.807) is 37.3 Å². The van der Waals surface area contributed by atoms with E-state index < -0.39 is 23.6 Å². The van der Waals surface area contributed by atoms with Gasteiger partial charge in [-0.05, 0) is 49.4 Å². The molecule has 4 aromatic rings. The van der Waals surface area contributed by atoms with Crippen LogP contribution in [0.5, 0.6) is 11.6 Å². The molecule has 0 aliphatic heterocycles. The van der Waals surface area contributed by atoms with Gasteiger partial charge in [-0.3, -0.25) is 4.57 Å². The first kappa shape index (κ1) is 25.4. The van der Waals surface area contributed by atoms with Crippen molar-refractivity contribution in [1.82, 2.24) is 19.7 Å². The molecular weight excluding hydrogens is 496 g/mol. The molecule has 0 bridgehead atoms. The van der Waals surface area contributed by atoms with E-state index in [1.807, 2.05) is 0 Å². The average Bonchev–Trinajstić information content (AvgIpc) is 3.22. The highest BCUT2D eigenvalue weighted by atomic mass is 19.4. The maximum absolute atomic E-state index is 13.5. The normalized spacial score (nSPS) is 12.0. The van der Waals surface area contributed by atoms with Crippen LogP contribution < -0.4 is 21.6 Å². The zero-order valence-electron chi connectivity index (χ0n) is 19.2.